The highest BCUT2D eigenvalue weighted by Gasteiger charge is 2.16. The molecule has 0 fully saturated rings. The molecule has 0 aliphatic carbocycles. The maximum Gasteiger partial charge on any atom is 0.315 e. The zero-order valence-electron chi connectivity index (χ0n) is 13.9. The molecule has 0 saturated heterocycles. The number of furan rings is 1. The molecule has 3 atom stereocenters. The second-order valence-electron chi connectivity index (χ2n) is 5.76. The average Bonchev–Trinajstić information content (AvgIpc) is 3.08. The highest BCUT2D eigenvalue weighted by Crippen LogP contribution is 2.22. The molecule has 0 bridgehead atoms. The predicted molar refractivity (Wildman–Crippen MR) is 96.0 cm³/mol. The molecule has 130 valence electrons. The summed E-state index contributed by atoms with van der Waals surface area (Å²) in [6.45, 7) is 4.49. The van der Waals surface area contributed by atoms with Crippen LogP contribution in [-0.4, -0.2) is 29.0 Å². The number of benzene rings is 1. The Hall–Kier alpha value is -1.92. The Morgan fingerprint density at radius 2 is 1.96 bits per heavy atom. The number of thioether (sulfide) groups is 1. The van der Waals surface area contributed by atoms with E-state index in [-0.39, 0.29) is 17.3 Å². The molecule has 1 aromatic heterocycles. The molecule has 0 aliphatic heterocycles. The van der Waals surface area contributed by atoms with E-state index in [1.165, 1.54) is 11.2 Å². The Labute approximate surface area is 146 Å². The maximum atomic E-state index is 11.9. The van der Waals surface area contributed by atoms with Gasteiger partial charge in [0.15, 0.2) is 0 Å². The summed E-state index contributed by atoms with van der Waals surface area (Å²) in [5.41, 5.74) is 0. The van der Waals surface area contributed by atoms with Crippen LogP contribution in [0.5, 0.6) is 0 Å². The minimum absolute atomic E-state index is 0.165. The Kier molecular flexibility index (Phi) is 7.21. The number of urea groups is 1. The van der Waals surface area contributed by atoms with E-state index in [0.29, 0.717) is 18.7 Å². The second kappa shape index (κ2) is 9.39. The fraction of sp³-hybridized carbons (Fsp3) is 0.389. The predicted octanol–water partition coefficient (Wildman–Crippen LogP) is 3.57. The fourth-order valence-electron chi connectivity index (χ4n) is 2.28. The molecular formula is C18H24N2O3S. The van der Waals surface area contributed by atoms with Crippen LogP contribution in [0.15, 0.2) is 58.0 Å². The second-order valence-corrected chi connectivity index (χ2v) is 7.28. The van der Waals surface area contributed by atoms with Gasteiger partial charge in [0.2, 0.25) is 0 Å². The lowest BCUT2D eigenvalue weighted by Gasteiger charge is -2.18. The van der Waals surface area contributed by atoms with E-state index >= 15 is 0 Å². The van der Waals surface area contributed by atoms with Crippen molar-refractivity contribution in [3.63, 3.8) is 0 Å². The van der Waals surface area contributed by atoms with Gasteiger partial charge in [-0.15, -0.1) is 11.8 Å². The molecule has 1 heterocycles. The molecule has 0 spiro atoms. The molecule has 3 unspecified atom stereocenters. The van der Waals surface area contributed by atoms with Crippen molar-refractivity contribution in [1.82, 2.24) is 10.6 Å². The van der Waals surface area contributed by atoms with E-state index < -0.39 is 6.10 Å². The van der Waals surface area contributed by atoms with Gasteiger partial charge in [0, 0.05) is 29.2 Å². The van der Waals surface area contributed by atoms with E-state index in [0.717, 1.165) is 0 Å². The number of hydrogen-bond acceptors (Lipinski definition) is 4. The summed E-state index contributed by atoms with van der Waals surface area (Å²) in [5, 5.41) is 16.0. The summed E-state index contributed by atoms with van der Waals surface area (Å²) in [6.07, 6.45) is 1.20. The van der Waals surface area contributed by atoms with Crippen molar-refractivity contribution in [3.05, 3.63) is 54.5 Å². The molecule has 0 saturated carbocycles. The van der Waals surface area contributed by atoms with Gasteiger partial charge in [-0.05, 0) is 31.2 Å². The summed E-state index contributed by atoms with van der Waals surface area (Å²) < 4.78 is 5.16. The maximum absolute atomic E-state index is 11.9. The van der Waals surface area contributed by atoms with Crippen LogP contribution >= 0.6 is 11.8 Å². The van der Waals surface area contributed by atoms with Gasteiger partial charge < -0.3 is 20.2 Å². The summed E-state index contributed by atoms with van der Waals surface area (Å²) in [7, 11) is 0. The highest BCUT2D eigenvalue weighted by molar-refractivity contribution is 8.00. The number of aliphatic hydroxyl groups is 1. The number of carbonyl (C=O) groups excluding carboxylic acids is 1. The molecule has 24 heavy (non-hydrogen) atoms. The van der Waals surface area contributed by atoms with Gasteiger partial charge in [-0.25, -0.2) is 4.79 Å². The minimum Gasteiger partial charge on any atom is -0.467 e. The van der Waals surface area contributed by atoms with Crippen LogP contribution in [0.2, 0.25) is 0 Å². The first-order valence-electron chi connectivity index (χ1n) is 8.02. The van der Waals surface area contributed by atoms with Gasteiger partial charge in [0.1, 0.15) is 11.9 Å². The SMILES string of the molecule is CC(CC(O)c1ccco1)NC(=O)NCC(C)Sc1ccccc1. The van der Waals surface area contributed by atoms with E-state index in [1.54, 1.807) is 23.9 Å². The first-order valence-corrected chi connectivity index (χ1v) is 8.90. The van der Waals surface area contributed by atoms with Crippen molar-refractivity contribution in [2.24, 2.45) is 0 Å². The molecule has 2 amide bonds. The first kappa shape index (κ1) is 18.4. The zero-order chi connectivity index (χ0) is 17.4. The lowest BCUT2D eigenvalue weighted by Crippen LogP contribution is -2.43. The topological polar surface area (TPSA) is 74.5 Å². The van der Waals surface area contributed by atoms with Crippen molar-refractivity contribution in [2.75, 3.05) is 6.54 Å². The molecule has 3 N–H and O–H groups in total. The number of aliphatic hydroxyl groups excluding tert-OH is 1. The Bertz CT molecular complexity index is 604. The minimum atomic E-state index is -0.720. The molecule has 1 aromatic carbocycles. The summed E-state index contributed by atoms with van der Waals surface area (Å²) >= 11 is 1.72. The van der Waals surface area contributed by atoms with Gasteiger partial charge in [0.25, 0.3) is 0 Å². The van der Waals surface area contributed by atoms with E-state index in [1.807, 2.05) is 25.1 Å². The largest absolute Gasteiger partial charge is 0.467 e. The molecular weight excluding hydrogens is 324 g/mol. The third-order valence-electron chi connectivity index (χ3n) is 3.46. The van der Waals surface area contributed by atoms with Crippen LogP contribution in [0.25, 0.3) is 0 Å². The zero-order valence-corrected chi connectivity index (χ0v) is 14.8. The monoisotopic (exact) mass is 348 g/mol. The smallest absolute Gasteiger partial charge is 0.315 e. The Morgan fingerprint density at radius 1 is 1.21 bits per heavy atom. The average molecular weight is 348 g/mol. The van der Waals surface area contributed by atoms with Crippen LogP contribution in [0, 0.1) is 0 Å². The van der Waals surface area contributed by atoms with Crippen molar-refractivity contribution in [3.8, 4) is 0 Å². The number of rotatable bonds is 8. The Morgan fingerprint density at radius 3 is 2.62 bits per heavy atom. The summed E-state index contributed by atoms with van der Waals surface area (Å²) in [6, 6.07) is 13.2. The van der Waals surface area contributed by atoms with Crippen molar-refractivity contribution >= 4 is 17.8 Å². The van der Waals surface area contributed by atoms with Gasteiger partial charge in [-0.1, -0.05) is 25.1 Å². The van der Waals surface area contributed by atoms with Crippen LogP contribution < -0.4 is 10.6 Å². The Balaban J connectivity index is 1.67. The normalized spacial score (nSPS) is 14.6. The molecule has 5 nitrogen and oxygen atoms in total. The van der Waals surface area contributed by atoms with Gasteiger partial charge in [-0.2, -0.15) is 0 Å². The summed E-state index contributed by atoms with van der Waals surface area (Å²) in [5.74, 6) is 0.511. The third-order valence-corrected chi connectivity index (χ3v) is 4.57. The van der Waals surface area contributed by atoms with Crippen LogP contribution in [0.4, 0.5) is 4.79 Å². The van der Waals surface area contributed by atoms with Gasteiger partial charge in [0.05, 0.1) is 6.26 Å². The standard InChI is InChI=1S/C18H24N2O3S/c1-13(11-16(21)17-9-6-10-23-17)20-18(22)19-12-14(2)24-15-7-4-3-5-8-15/h3-10,13-14,16,21H,11-12H2,1-2H3,(H2,19,20,22). The highest BCUT2D eigenvalue weighted by atomic mass is 32.2. The lowest BCUT2D eigenvalue weighted by molar-refractivity contribution is 0.129. The number of amides is 2. The third kappa shape index (κ3) is 6.29. The molecule has 6 heteroatoms. The van der Waals surface area contributed by atoms with E-state index in [2.05, 4.69) is 29.7 Å². The van der Waals surface area contributed by atoms with Crippen molar-refractivity contribution < 1.29 is 14.3 Å². The van der Waals surface area contributed by atoms with Crippen LogP contribution in [0.1, 0.15) is 32.1 Å². The number of nitrogens with one attached hydrogen (secondary N) is 2. The molecule has 0 aliphatic rings. The molecule has 2 rings (SSSR count). The lowest BCUT2D eigenvalue weighted by atomic mass is 10.1. The van der Waals surface area contributed by atoms with Crippen molar-refractivity contribution in [1.29, 1.82) is 0 Å². The number of carbonyl (C=O) groups is 1. The number of hydrogen-bond donors (Lipinski definition) is 3. The summed E-state index contributed by atoms with van der Waals surface area (Å²) in [4.78, 5) is 13.1. The van der Waals surface area contributed by atoms with Gasteiger partial charge in [-0.3, -0.25) is 0 Å². The van der Waals surface area contributed by atoms with Crippen LogP contribution in [-0.2, 0) is 0 Å². The first-order chi connectivity index (χ1) is 11.5. The van der Waals surface area contributed by atoms with E-state index in [9.17, 15) is 9.90 Å². The quantitative estimate of drug-likeness (QED) is 0.638. The fourth-order valence-corrected chi connectivity index (χ4v) is 3.22. The van der Waals surface area contributed by atoms with Crippen molar-refractivity contribution in [2.45, 2.75) is 42.6 Å². The molecule has 0 radical (unpaired) electrons. The van der Waals surface area contributed by atoms with Gasteiger partial charge >= 0.3 is 6.03 Å². The van der Waals surface area contributed by atoms with Crippen LogP contribution in [0.3, 0.4) is 0 Å². The van der Waals surface area contributed by atoms with E-state index in [4.69, 9.17) is 4.42 Å². The molecule has 2 aromatic rings.